The number of aliphatic imine (C=N–C) groups is 1. The van der Waals surface area contributed by atoms with Crippen LogP contribution in [0, 0.1) is 0 Å². The minimum Gasteiger partial charge on any atom is -0.365 e. The molecule has 1 N–H and O–H groups in total. The number of nitrogens with one attached hydrogen (secondary N) is 1. The van der Waals surface area contributed by atoms with Gasteiger partial charge in [0.2, 0.25) is 0 Å². The molecule has 18 heavy (non-hydrogen) atoms. The molecule has 5 heteroatoms. The number of rotatable bonds is 4. The molecule has 0 radical (unpaired) electrons. The zero-order valence-electron chi connectivity index (χ0n) is 10.2. The molecule has 2 nitrogen and oxygen atoms in total. The van der Waals surface area contributed by atoms with E-state index < -0.39 is 0 Å². The van der Waals surface area contributed by atoms with E-state index in [4.69, 9.17) is 23.2 Å². The lowest BCUT2D eigenvalue weighted by atomic mass is 10.1. The van der Waals surface area contributed by atoms with E-state index in [2.05, 4.69) is 17.2 Å². The third-order valence-electron chi connectivity index (χ3n) is 2.86. The van der Waals surface area contributed by atoms with E-state index in [9.17, 15) is 0 Å². The standard InChI is InChI=1S/C13H16Cl2N2S/c1-2-11-8-17-13(18-11)16-6-5-9-3-4-10(14)7-12(9)15/h3-4,7,11H,2,5-6,8H2,1H3,(H,16,17). The molecule has 1 aliphatic rings. The molecule has 0 saturated heterocycles. The molecule has 1 atom stereocenters. The van der Waals surface area contributed by atoms with E-state index in [1.54, 1.807) is 6.07 Å². The first-order chi connectivity index (χ1) is 8.69. The Morgan fingerprint density at radius 2 is 2.28 bits per heavy atom. The summed E-state index contributed by atoms with van der Waals surface area (Å²) in [6, 6.07) is 5.63. The van der Waals surface area contributed by atoms with Crippen LogP contribution in [0.15, 0.2) is 23.2 Å². The summed E-state index contributed by atoms with van der Waals surface area (Å²) in [4.78, 5) is 4.47. The minimum atomic E-state index is 0.645. The highest BCUT2D eigenvalue weighted by atomic mass is 35.5. The number of hydrogen-bond donors (Lipinski definition) is 1. The third-order valence-corrected chi connectivity index (χ3v) is 4.76. The van der Waals surface area contributed by atoms with Crippen molar-refractivity contribution in [3.63, 3.8) is 0 Å². The average molecular weight is 303 g/mol. The van der Waals surface area contributed by atoms with E-state index in [0.717, 1.165) is 35.3 Å². The first-order valence-corrected chi connectivity index (χ1v) is 7.71. The molecule has 1 aliphatic heterocycles. The Morgan fingerprint density at radius 1 is 1.44 bits per heavy atom. The second kappa shape index (κ2) is 6.69. The van der Waals surface area contributed by atoms with Crippen molar-refractivity contribution in [1.82, 2.24) is 5.32 Å². The predicted octanol–water partition coefficient (Wildman–Crippen LogP) is 4.01. The fourth-order valence-corrected chi connectivity index (χ4v) is 3.22. The van der Waals surface area contributed by atoms with Gasteiger partial charge in [-0.1, -0.05) is 48.0 Å². The van der Waals surface area contributed by atoms with Gasteiger partial charge in [-0.05, 0) is 30.5 Å². The van der Waals surface area contributed by atoms with Crippen molar-refractivity contribution < 1.29 is 0 Å². The van der Waals surface area contributed by atoms with Crippen LogP contribution < -0.4 is 5.32 Å². The van der Waals surface area contributed by atoms with Crippen molar-refractivity contribution in [3.05, 3.63) is 33.8 Å². The van der Waals surface area contributed by atoms with Gasteiger partial charge >= 0.3 is 0 Å². The van der Waals surface area contributed by atoms with Gasteiger partial charge in [0.15, 0.2) is 5.17 Å². The van der Waals surface area contributed by atoms with Gasteiger partial charge in [-0.25, -0.2) is 0 Å². The maximum atomic E-state index is 6.12. The van der Waals surface area contributed by atoms with Crippen LogP contribution in [0.2, 0.25) is 10.0 Å². The highest BCUT2D eigenvalue weighted by Crippen LogP contribution is 2.23. The summed E-state index contributed by atoms with van der Waals surface area (Å²) < 4.78 is 0. The lowest BCUT2D eigenvalue weighted by Gasteiger charge is -2.08. The number of hydrogen-bond acceptors (Lipinski definition) is 3. The molecular weight excluding hydrogens is 287 g/mol. The first-order valence-electron chi connectivity index (χ1n) is 6.08. The second-order valence-electron chi connectivity index (χ2n) is 4.21. The topological polar surface area (TPSA) is 24.4 Å². The van der Waals surface area contributed by atoms with E-state index in [-0.39, 0.29) is 0 Å². The maximum Gasteiger partial charge on any atom is 0.156 e. The molecule has 0 bridgehead atoms. The van der Waals surface area contributed by atoms with Crippen LogP contribution in [0.3, 0.4) is 0 Å². The summed E-state index contributed by atoms with van der Waals surface area (Å²) in [5.74, 6) is 0. The first kappa shape index (κ1) is 14.0. The molecule has 0 fully saturated rings. The van der Waals surface area contributed by atoms with Crippen LogP contribution >= 0.6 is 35.0 Å². The second-order valence-corrected chi connectivity index (χ2v) is 6.34. The van der Waals surface area contributed by atoms with E-state index in [1.807, 2.05) is 23.9 Å². The van der Waals surface area contributed by atoms with Crippen LogP contribution in [-0.2, 0) is 6.42 Å². The fraction of sp³-hybridized carbons (Fsp3) is 0.462. The highest BCUT2D eigenvalue weighted by molar-refractivity contribution is 8.14. The molecule has 0 amide bonds. The summed E-state index contributed by atoms with van der Waals surface area (Å²) in [6.07, 6.45) is 2.05. The van der Waals surface area contributed by atoms with Gasteiger partial charge in [0.25, 0.3) is 0 Å². The van der Waals surface area contributed by atoms with Crippen LogP contribution in [-0.4, -0.2) is 23.5 Å². The zero-order valence-corrected chi connectivity index (χ0v) is 12.6. The Balaban J connectivity index is 1.79. The number of halogens is 2. The Morgan fingerprint density at radius 3 is 2.94 bits per heavy atom. The monoisotopic (exact) mass is 302 g/mol. The maximum absolute atomic E-state index is 6.12. The Labute approximate surface area is 122 Å². The molecule has 2 rings (SSSR count). The summed E-state index contributed by atoms with van der Waals surface area (Å²) >= 11 is 13.8. The number of amidine groups is 1. The Hall–Kier alpha value is -0.380. The van der Waals surface area contributed by atoms with Gasteiger partial charge < -0.3 is 5.32 Å². The third kappa shape index (κ3) is 3.81. The van der Waals surface area contributed by atoms with Crippen LogP contribution in [0.4, 0.5) is 0 Å². The van der Waals surface area contributed by atoms with Crippen molar-refractivity contribution in [3.8, 4) is 0 Å². The Bertz CT molecular complexity index is 449. The normalized spacial score (nSPS) is 18.8. The molecule has 1 aromatic carbocycles. The summed E-state index contributed by atoms with van der Waals surface area (Å²) in [6.45, 7) is 3.98. The van der Waals surface area contributed by atoms with Crippen molar-refractivity contribution >= 4 is 40.1 Å². The van der Waals surface area contributed by atoms with Gasteiger partial charge in [0, 0.05) is 21.8 Å². The average Bonchev–Trinajstić information content (AvgIpc) is 2.80. The fourth-order valence-electron chi connectivity index (χ4n) is 1.76. The van der Waals surface area contributed by atoms with Crippen molar-refractivity contribution in [2.75, 3.05) is 13.1 Å². The SMILES string of the molecule is CCC1CN=C(NCCc2ccc(Cl)cc2Cl)S1. The van der Waals surface area contributed by atoms with E-state index >= 15 is 0 Å². The van der Waals surface area contributed by atoms with Gasteiger partial charge in [-0.3, -0.25) is 4.99 Å². The van der Waals surface area contributed by atoms with Crippen LogP contribution in [0.5, 0.6) is 0 Å². The van der Waals surface area contributed by atoms with Crippen LogP contribution in [0.1, 0.15) is 18.9 Å². The van der Waals surface area contributed by atoms with Crippen molar-refractivity contribution in [1.29, 1.82) is 0 Å². The molecule has 0 aromatic heterocycles. The largest absolute Gasteiger partial charge is 0.365 e. The molecule has 1 aromatic rings. The van der Waals surface area contributed by atoms with Crippen LogP contribution in [0.25, 0.3) is 0 Å². The molecule has 0 aliphatic carbocycles. The number of nitrogens with zero attached hydrogens (tertiary/aromatic N) is 1. The quantitative estimate of drug-likeness (QED) is 0.909. The van der Waals surface area contributed by atoms with Gasteiger partial charge in [0.1, 0.15) is 0 Å². The summed E-state index contributed by atoms with van der Waals surface area (Å²) in [7, 11) is 0. The summed E-state index contributed by atoms with van der Waals surface area (Å²) in [5.41, 5.74) is 1.12. The lowest BCUT2D eigenvalue weighted by molar-refractivity contribution is 0.836. The van der Waals surface area contributed by atoms with Gasteiger partial charge in [-0.15, -0.1) is 0 Å². The number of benzene rings is 1. The van der Waals surface area contributed by atoms with Gasteiger partial charge in [-0.2, -0.15) is 0 Å². The minimum absolute atomic E-state index is 0.645. The predicted molar refractivity (Wildman–Crippen MR) is 82.1 cm³/mol. The number of thioether (sulfide) groups is 1. The summed E-state index contributed by atoms with van der Waals surface area (Å²) in [5, 5.41) is 6.48. The lowest BCUT2D eigenvalue weighted by Crippen LogP contribution is -2.22. The molecule has 0 saturated carbocycles. The van der Waals surface area contributed by atoms with Crippen molar-refractivity contribution in [2.24, 2.45) is 4.99 Å². The van der Waals surface area contributed by atoms with Gasteiger partial charge in [0.05, 0.1) is 6.54 Å². The molecular formula is C13H16Cl2N2S. The molecule has 0 spiro atoms. The zero-order chi connectivity index (χ0) is 13.0. The van der Waals surface area contributed by atoms with Crippen molar-refractivity contribution in [2.45, 2.75) is 25.0 Å². The highest BCUT2D eigenvalue weighted by Gasteiger charge is 2.16. The molecule has 98 valence electrons. The molecule has 1 heterocycles. The smallest absolute Gasteiger partial charge is 0.156 e. The molecule has 1 unspecified atom stereocenters. The Kier molecular flexibility index (Phi) is 5.22. The van der Waals surface area contributed by atoms with E-state index in [1.165, 1.54) is 6.42 Å². The van der Waals surface area contributed by atoms with E-state index in [0.29, 0.717) is 10.3 Å².